The maximum absolute atomic E-state index is 13.5. The van der Waals surface area contributed by atoms with Gasteiger partial charge in [0.2, 0.25) is 0 Å². The molecule has 3 aromatic rings. The fourth-order valence-electron chi connectivity index (χ4n) is 4.47. The molecule has 0 saturated carbocycles. The number of anilines is 1. The van der Waals surface area contributed by atoms with Gasteiger partial charge in [0.1, 0.15) is 0 Å². The molecular formula is C29H24AsNO12. The summed E-state index contributed by atoms with van der Waals surface area (Å²) >= 11 is -5.59. The second-order valence-electron chi connectivity index (χ2n) is 9.41. The van der Waals surface area contributed by atoms with Crippen molar-refractivity contribution in [3.05, 3.63) is 76.3 Å². The Hall–Kier alpha value is -5.00. The quantitative estimate of drug-likeness (QED) is 0.142. The van der Waals surface area contributed by atoms with E-state index < -0.39 is 56.0 Å². The van der Waals surface area contributed by atoms with E-state index in [9.17, 15) is 41.7 Å². The number of ketones is 2. The number of carbonyl (C=O) groups excluding carboxylic acids is 6. The number of hydrogen-bond donors (Lipinski definition) is 3. The van der Waals surface area contributed by atoms with Crippen molar-refractivity contribution in [2.24, 2.45) is 0 Å². The van der Waals surface area contributed by atoms with E-state index in [2.05, 4.69) is 5.32 Å². The van der Waals surface area contributed by atoms with Crippen LogP contribution in [0.3, 0.4) is 0 Å². The van der Waals surface area contributed by atoms with E-state index >= 15 is 0 Å². The fraction of sp³-hybridized carbons (Fsp3) is 0.172. The molecule has 0 bridgehead atoms. The Morgan fingerprint density at radius 3 is 2.14 bits per heavy atom. The zero-order valence-corrected chi connectivity index (χ0v) is 24.8. The SMILES string of the molecule is CC(=O)Nc1cc(O)ccc1[As](=O)(O)OC(=O)CCc1cc(OC(C)=O)c2c(c1)C(=O)c1cccc(OC(C)=O)c1C2=O. The van der Waals surface area contributed by atoms with Crippen LogP contribution in [0, 0.1) is 0 Å². The minimum atomic E-state index is -5.59. The number of phenols is 1. The van der Waals surface area contributed by atoms with Gasteiger partial charge in [-0.1, -0.05) is 0 Å². The number of fused-ring (bicyclic) bond motifs is 2. The van der Waals surface area contributed by atoms with Crippen molar-refractivity contribution in [1.82, 2.24) is 0 Å². The van der Waals surface area contributed by atoms with Gasteiger partial charge in [0.25, 0.3) is 0 Å². The number of hydrogen-bond acceptors (Lipinski definition) is 11. The van der Waals surface area contributed by atoms with Crippen molar-refractivity contribution in [2.75, 3.05) is 5.32 Å². The van der Waals surface area contributed by atoms with Gasteiger partial charge in [0.05, 0.1) is 0 Å². The molecule has 43 heavy (non-hydrogen) atoms. The second-order valence-corrected chi connectivity index (χ2v) is 13.0. The number of phenolic OH excluding ortho intramolecular Hbond substituents is 1. The Bertz CT molecular complexity index is 1780. The van der Waals surface area contributed by atoms with Gasteiger partial charge in [-0.25, -0.2) is 0 Å². The van der Waals surface area contributed by atoms with Crippen molar-refractivity contribution >= 4 is 59.6 Å². The first-order valence-electron chi connectivity index (χ1n) is 12.6. The van der Waals surface area contributed by atoms with E-state index in [1.54, 1.807) is 0 Å². The van der Waals surface area contributed by atoms with Crippen LogP contribution in [0.25, 0.3) is 0 Å². The Kier molecular flexibility index (Phi) is 8.69. The summed E-state index contributed by atoms with van der Waals surface area (Å²) < 4.78 is 38.4. The molecule has 0 saturated heterocycles. The maximum atomic E-state index is 13.5. The van der Waals surface area contributed by atoms with Gasteiger partial charge in [-0.2, -0.15) is 0 Å². The molecule has 1 aliphatic carbocycles. The molecule has 1 atom stereocenters. The molecule has 14 heteroatoms. The molecule has 0 aromatic heterocycles. The molecule has 1 amide bonds. The Morgan fingerprint density at radius 1 is 0.837 bits per heavy atom. The summed E-state index contributed by atoms with van der Waals surface area (Å²) in [6.45, 7) is 3.37. The van der Waals surface area contributed by atoms with Gasteiger partial charge < -0.3 is 0 Å². The standard InChI is InChI=1S/C29H24AsNO12/c1-14(32)31-22-13-18(35)8-9-21(22)30(39,40)43-25(36)10-7-17-11-20-27(24(12-17)42-16(3)34)29(38)26-19(28(20)37)5-4-6-23(26)41-15(2)33/h4-6,8-9,11-13,35H,7,10H2,1-3H3,(H,31,32)(H,39,40). The van der Waals surface area contributed by atoms with Crippen LogP contribution >= 0.6 is 0 Å². The number of rotatable bonds is 8. The average Bonchev–Trinajstić information content (AvgIpc) is 2.89. The number of nitrogens with one attached hydrogen (secondary N) is 1. The molecule has 3 N–H and O–H groups in total. The van der Waals surface area contributed by atoms with Crippen LogP contribution in [0.5, 0.6) is 17.2 Å². The Balaban J connectivity index is 1.63. The molecule has 222 valence electrons. The number of ether oxygens (including phenoxy) is 2. The molecule has 0 radical (unpaired) electrons. The number of benzene rings is 3. The predicted octanol–water partition coefficient (Wildman–Crippen LogP) is 1.72. The van der Waals surface area contributed by atoms with Gasteiger partial charge in [-0.05, 0) is 0 Å². The van der Waals surface area contributed by atoms with Crippen LogP contribution < -0.4 is 19.1 Å². The summed E-state index contributed by atoms with van der Waals surface area (Å²) in [5.41, 5.74) is -0.522. The zero-order valence-electron chi connectivity index (χ0n) is 23.0. The number of carbonyl (C=O) groups is 6. The Morgan fingerprint density at radius 2 is 1.49 bits per heavy atom. The van der Waals surface area contributed by atoms with Gasteiger partial charge >= 0.3 is 235 Å². The van der Waals surface area contributed by atoms with Gasteiger partial charge in [0, 0.05) is 6.92 Å². The summed E-state index contributed by atoms with van der Waals surface area (Å²) in [6, 6.07) is 9.93. The van der Waals surface area contributed by atoms with Crippen LogP contribution in [0.4, 0.5) is 5.69 Å². The summed E-state index contributed by atoms with van der Waals surface area (Å²) in [5, 5.41) is 12.0. The summed E-state index contributed by atoms with van der Waals surface area (Å²) in [4.78, 5) is 74.6. The monoisotopic (exact) mass is 653 g/mol. The van der Waals surface area contributed by atoms with Crippen molar-refractivity contribution in [2.45, 2.75) is 33.6 Å². The zero-order chi connectivity index (χ0) is 31.6. The van der Waals surface area contributed by atoms with Crippen LogP contribution in [-0.4, -0.2) is 58.8 Å². The topological polar surface area (TPSA) is 200 Å². The van der Waals surface area contributed by atoms with Crippen LogP contribution in [0.1, 0.15) is 64.6 Å². The number of amides is 1. The van der Waals surface area contributed by atoms with Crippen LogP contribution in [-0.2, 0) is 33.1 Å². The van der Waals surface area contributed by atoms with E-state index in [0.29, 0.717) is 0 Å². The summed E-state index contributed by atoms with van der Waals surface area (Å²) in [6.07, 6.45) is -0.626. The molecule has 0 heterocycles. The third-order valence-electron chi connectivity index (χ3n) is 6.08. The van der Waals surface area contributed by atoms with E-state index in [1.165, 1.54) is 30.3 Å². The molecule has 0 spiro atoms. The fourth-order valence-corrected chi connectivity index (χ4v) is 6.89. The third kappa shape index (κ3) is 6.74. The summed E-state index contributed by atoms with van der Waals surface area (Å²) in [7, 11) is 0. The van der Waals surface area contributed by atoms with Crippen molar-refractivity contribution in [1.29, 1.82) is 0 Å². The molecule has 1 aliphatic rings. The molecule has 1 unspecified atom stereocenters. The van der Waals surface area contributed by atoms with Gasteiger partial charge in [0.15, 0.2) is 0 Å². The Labute approximate surface area is 246 Å². The van der Waals surface area contributed by atoms with E-state index in [-0.39, 0.29) is 61.5 Å². The third-order valence-corrected chi connectivity index (χ3v) is 9.12. The molecule has 0 aliphatic heterocycles. The first-order valence-corrected chi connectivity index (χ1v) is 15.9. The molecule has 3 aromatic carbocycles. The van der Waals surface area contributed by atoms with Crippen molar-refractivity contribution < 1.29 is 54.9 Å². The van der Waals surface area contributed by atoms with Crippen LogP contribution in [0.15, 0.2) is 48.5 Å². The number of aryl methyl sites for hydroxylation is 1. The van der Waals surface area contributed by atoms with Gasteiger partial charge in [-0.3, -0.25) is 4.79 Å². The number of aromatic hydroxyl groups is 1. The molecular weight excluding hydrogens is 629 g/mol. The predicted molar refractivity (Wildman–Crippen MR) is 147 cm³/mol. The first-order chi connectivity index (χ1) is 20.2. The first kappa shape index (κ1) is 30.9. The van der Waals surface area contributed by atoms with Crippen molar-refractivity contribution in [3.63, 3.8) is 0 Å². The minimum absolute atomic E-state index is 0.0469. The van der Waals surface area contributed by atoms with Crippen molar-refractivity contribution in [3.8, 4) is 17.2 Å². The van der Waals surface area contributed by atoms with E-state index in [1.807, 2.05) is 0 Å². The van der Waals surface area contributed by atoms with E-state index in [4.69, 9.17) is 13.2 Å². The second kappa shape index (κ2) is 12.1. The molecule has 0 fully saturated rings. The normalized spacial score (nSPS) is 13.2. The number of esters is 2. The summed E-state index contributed by atoms with van der Waals surface area (Å²) in [5.74, 6) is -5.27. The average molecular weight is 653 g/mol. The molecule has 4 rings (SSSR count). The van der Waals surface area contributed by atoms with E-state index in [0.717, 1.165) is 39.0 Å². The van der Waals surface area contributed by atoms with Gasteiger partial charge in [-0.15, -0.1) is 0 Å². The van der Waals surface area contributed by atoms with Crippen LogP contribution in [0.2, 0.25) is 0 Å². The molecule has 13 nitrogen and oxygen atoms in total.